The van der Waals surface area contributed by atoms with E-state index in [9.17, 15) is 0 Å². The summed E-state index contributed by atoms with van der Waals surface area (Å²) in [5.74, 6) is 0. The minimum atomic E-state index is 0.780. The topological polar surface area (TPSA) is 15.6 Å². The lowest BCUT2D eigenvalue weighted by Gasteiger charge is -2.15. The molecule has 4 aromatic rings. The van der Waals surface area contributed by atoms with E-state index in [4.69, 9.17) is 0 Å². The number of hydrogen-bond donors (Lipinski definition) is 0. The first-order chi connectivity index (χ1) is 12.3. The maximum Gasteiger partial charge on any atom is 0.0613 e. The van der Waals surface area contributed by atoms with Crippen LogP contribution in [0.4, 0.5) is 0 Å². The number of benzene rings is 4. The van der Waals surface area contributed by atoms with Gasteiger partial charge in [0.1, 0.15) is 0 Å². The minimum absolute atomic E-state index is 0.780. The van der Waals surface area contributed by atoms with Crippen LogP contribution in [-0.2, 0) is 6.54 Å². The molecule has 0 bridgehead atoms. The Morgan fingerprint density at radius 3 is 2.12 bits per heavy atom. The molecule has 0 aliphatic carbocycles. The van der Waals surface area contributed by atoms with E-state index in [0.717, 1.165) is 12.1 Å². The second-order valence-corrected chi connectivity index (χ2v) is 6.27. The van der Waals surface area contributed by atoms with Gasteiger partial charge in [-0.25, -0.2) is 0 Å². The first-order valence-corrected chi connectivity index (χ1v) is 8.51. The van der Waals surface area contributed by atoms with Gasteiger partial charge < -0.3 is 0 Å². The van der Waals surface area contributed by atoms with Crippen LogP contribution in [0.25, 0.3) is 21.5 Å². The van der Waals surface area contributed by atoms with Gasteiger partial charge in [0.2, 0.25) is 0 Å². The molecule has 2 nitrogen and oxygen atoms in total. The maximum atomic E-state index is 4.65. The summed E-state index contributed by atoms with van der Waals surface area (Å²) < 4.78 is 0. The van der Waals surface area contributed by atoms with Crippen molar-refractivity contribution >= 4 is 27.8 Å². The third kappa shape index (κ3) is 3.24. The molecule has 0 aliphatic rings. The fraction of sp³-hybridized carbons (Fsp3) is 0.0870. The van der Waals surface area contributed by atoms with Gasteiger partial charge in [0.05, 0.1) is 12.8 Å². The summed E-state index contributed by atoms with van der Waals surface area (Å²) in [6, 6.07) is 29.6. The molecule has 0 radical (unpaired) electrons. The first kappa shape index (κ1) is 15.4. The van der Waals surface area contributed by atoms with Gasteiger partial charge in [-0.05, 0) is 27.1 Å². The van der Waals surface area contributed by atoms with Crippen LogP contribution in [-0.4, -0.2) is 18.3 Å². The molecule has 4 aromatic carbocycles. The van der Waals surface area contributed by atoms with E-state index >= 15 is 0 Å². The highest BCUT2D eigenvalue weighted by molar-refractivity contribution is 5.99. The Labute approximate surface area is 148 Å². The fourth-order valence-electron chi connectivity index (χ4n) is 3.24. The lowest BCUT2D eigenvalue weighted by atomic mass is 10.0. The maximum absolute atomic E-state index is 4.65. The molecule has 0 saturated carbocycles. The molecular formula is C23H20N2. The Morgan fingerprint density at radius 2 is 1.32 bits per heavy atom. The second-order valence-electron chi connectivity index (χ2n) is 6.27. The van der Waals surface area contributed by atoms with Crippen LogP contribution in [0, 0.1) is 0 Å². The Balaban J connectivity index is 1.59. The van der Waals surface area contributed by atoms with Crippen LogP contribution in [0.15, 0.2) is 90.0 Å². The quantitative estimate of drug-likeness (QED) is 0.359. The van der Waals surface area contributed by atoms with Gasteiger partial charge >= 0.3 is 0 Å². The molecule has 0 saturated heterocycles. The first-order valence-electron chi connectivity index (χ1n) is 8.51. The van der Waals surface area contributed by atoms with Gasteiger partial charge in [-0.2, -0.15) is 5.10 Å². The normalized spacial score (nSPS) is 11.4. The van der Waals surface area contributed by atoms with Crippen molar-refractivity contribution in [2.24, 2.45) is 5.10 Å². The fourth-order valence-corrected chi connectivity index (χ4v) is 3.24. The van der Waals surface area contributed by atoms with Gasteiger partial charge in [-0.15, -0.1) is 0 Å². The van der Waals surface area contributed by atoms with Crippen LogP contribution in [0.2, 0.25) is 0 Å². The monoisotopic (exact) mass is 324 g/mol. The van der Waals surface area contributed by atoms with Crippen molar-refractivity contribution in [2.75, 3.05) is 7.05 Å². The van der Waals surface area contributed by atoms with Crippen LogP contribution >= 0.6 is 0 Å². The van der Waals surface area contributed by atoms with E-state index in [-0.39, 0.29) is 0 Å². The summed E-state index contributed by atoms with van der Waals surface area (Å²) in [4.78, 5) is 0. The average Bonchev–Trinajstić information content (AvgIpc) is 2.66. The van der Waals surface area contributed by atoms with Gasteiger partial charge in [-0.3, -0.25) is 5.01 Å². The van der Waals surface area contributed by atoms with Crippen molar-refractivity contribution in [1.82, 2.24) is 5.01 Å². The van der Waals surface area contributed by atoms with Crippen LogP contribution in [0.1, 0.15) is 11.1 Å². The molecule has 2 heteroatoms. The predicted molar refractivity (Wildman–Crippen MR) is 107 cm³/mol. The molecule has 0 amide bonds. The molecule has 0 aliphatic heterocycles. The van der Waals surface area contributed by atoms with E-state index in [2.05, 4.69) is 90.0 Å². The summed E-state index contributed by atoms with van der Waals surface area (Å²) in [5, 5.41) is 11.7. The Kier molecular flexibility index (Phi) is 4.17. The summed E-state index contributed by atoms with van der Waals surface area (Å²) in [5.41, 5.74) is 2.43. The van der Waals surface area contributed by atoms with Gasteiger partial charge in [0.15, 0.2) is 0 Å². The van der Waals surface area contributed by atoms with Crippen molar-refractivity contribution in [3.8, 4) is 0 Å². The molecule has 0 unspecified atom stereocenters. The van der Waals surface area contributed by atoms with Crippen molar-refractivity contribution < 1.29 is 0 Å². The highest BCUT2D eigenvalue weighted by Gasteiger charge is 2.03. The van der Waals surface area contributed by atoms with Crippen molar-refractivity contribution in [1.29, 1.82) is 0 Å². The van der Waals surface area contributed by atoms with E-state index in [0.29, 0.717) is 0 Å². The highest BCUT2D eigenvalue weighted by Crippen LogP contribution is 2.20. The predicted octanol–water partition coefficient (Wildman–Crippen LogP) is 5.46. The second kappa shape index (κ2) is 6.78. The number of nitrogens with zero attached hydrogens (tertiary/aromatic N) is 2. The summed E-state index contributed by atoms with van der Waals surface area (Å²) >= 11 is 0. The number of fused-ring (bicyclic) bond motifs is 2. The zero-order chi connectivity index (χ0) is 17.1. The third-order valence-corrected chi connectivity index (χ3v) is 4.50. The van der Waals surface area contributed by atoms with E-state index in [1.54, 1.807) is 0 Å². The molecule has 0 heterocycles. The van der Waals surface area contributed by atoms with Gasteiger partial charge in [0.25, 0.3) is 0 Å². The van der Waals surface area contributed by atoms with Crippen molar-refractivity contribution in [2.45, 2.75) is 6.54 Å². The van der Waals surface area contributed by atoms with Crippen LogP contribution in [0.5, 0.6) is 0 Å². The number of hydrogen-bond acceptors (Lipinski definition) is 2. The third-order valence-electron chi connectivity index (χ3n) is 4.50. The van der Waals surface area contributed by atoms with Crippen LogP contribution < -0.4 is 0 Å². The zero-order valence-corrected chi connectivity index (χ0v) is 14.3. The van der Waals surface area contributed by atoms with Gasteiger partial charge in [0, 0.05) is 12.6 Å². The van der Waals surface area contributed by atoms with Crippen molar-refractivity contribution in [3.05, 3.63) is 96.1 Å². The largest absolute Gasteiger partial charge is 0.296 e. The molecule has 0 N–H and O–H groups in total. The Morgan fingerprint density at radius 1 is 0.720 bits per heavy atom. The highest BCUT2D eigenvalue weighted by atomic mass is 15.4. The minimum Gasteiger partial charge on any atom is -0.296 e. The van der Waals surface area contributed by atoms with E-state index in [1.807, 2.05) is 18.3 Å². The van der Waals surface area contributed by atoms with Gasteiger partial charge in [-0.1, -0.05) is 84.9 Å². The average molecular weight is 324 g/mol. The lowest BCUT2D eigenvalue weighted by molar-refractivity contribution is 0.350. The molecule has 0 fully saturated rings. The SMILES string of the molecule is CN(Cc1cccc2ccccc12)/N=C\c1cccc2ccccc12. The lowest BCUT2D eigenvalue weighted by Crippen LogP contribution is -2.11. The summed E-state index contributed by atoms with van der Waals surface area (Å²) in [7, 11) is 2.02. The zero-order valence-electron chi connectivity index (χ0n) is 14.3. The molecule has 122 valence electrons. The van der Waals surface area contributed by atoms with E-state index in [1.165, 1.54) is 27.1 Å². The smallest absolute Gasteiger partial charge is 0.0613 e. The molecule has 0 aromatic heterocycles. The molecule has 25 heavy (non-hydrogen) atoms. The molecular weight excluding hydrogens is 304 g/mol. The van der Waals surface area contributed by atoms with E-state index < -0.39 is 0 Å². The molecule has 4 rings (SSSR count). The van der Waals surface area contributed by atoms with Crippen molar-refractivity contribution in [3.63, 3.8) is 0 Å². The Bertz CT molecular complexity index is 1040. The Hall–Kier alpha value is -3.13. The summed E-state index contributed by atoms with van der Waals surface area (Å²) in [6.07, 6.45) is 1.95. The van der Waals surface area contributed by atoms with Crippen LogP contribution in [0.3, 0.4) is 0 Å². The summed E-state index contributed by atoms with van der Waals surface area (Å²) in [6.45, 7) is 0.780. The number of hydrazone groups is 1. The molecule has 0 spiro atoms. The number of rotatable bonds is 4. The standard InChI is InChI=1S/C23H20N2/c1-25(17-21-13-7-11-19-9-3-5-15-23(19)21)24-16-20-12-6-10-18-8-2-4-14-22(18)20/h2-16H,17H2,1H3/b24-16-. The molecule has 0 atom stereocenters.